The molecule has 2 fully saturated rings. The summed E-state index contributed by atoms with van der Waals surface area (Å²) >= 11 is 0. The number of carbonyl (C=O) groups excluding carboxylic acids is 3. The van der Waals surface area contributed by atoms with Gasteiger partial charge < -0.3 is 14.8 Å². The fourth-order valence-electron chi connectivity index (χ4n) is 3.81. The molecule has 0 aliphatic carbocycles. The number of urea groups is 1. The van der Waals surface area contributed by atoms with Gasteiger partial charge in [0.1, 0.15) is 12.1 Å². The fourth-order valence-corrected chi connectivity index (χ4v) is 3.81. The van der Waals surface area contributed by atoms with Crippen molar-refractivity contribution in [1.82, 2.24) is 20.1 Å². The van der Waals surface area contributed by atoms with Crippen LogP contribution in [0.2, 0.25) is 0 Å². The highest BCUT2D eigenvalue weighted by molar-refractivity contribution is 6.07. The van der Waals surface area contributed by atoms with Crippen LogP contribution in [0.25, 0.3) is 10.9 Å². The Morgan fingerprint density at radius 3 is 2.60 bits per heavy atom. The summed E-state index contributed by atoms with van der Waals surface area (Å²) in [6.07, 6.45) is 0.892. The molecule has 1 aromatic heterocycles. The first-order valence-corrected chi connectivity index (χ1v) is 8.45. The van der Waals surface area contributed by atoms with E-state index in [1.807, 2.05) is 35.8 Å². The predicted octanol–water partition coefficient (Wildman–Crippen LogP) is 1.15. The monoisotopic (exact) mass is 340 g/mol. The highest BCUT2D eigenvalue weighted by Gasteiger charge is 2.48. The van der Waals surface area contributed by atoms with Gasteiger partial charge in [0.15, 0.2) is 0 Å². The molecular formula is C18H20N4O3. The maximum atomic E-state index is 12.7. The number of amides is 4. The van der Waals surface area contributed by atoms with Gasteiger partial charge in [-0.1, -0.05) is 18.2 Å². The zero-order valence-corrected chi connectivity index (χ0v) is 14.0. The minimum absolute atomic E-state index is 0.0315. The van der Waals surface area contributed by atoms with E-state index in [1.165, 1.54) is 0 Å². The first-order chi connectivity index (χ1) is 12.0. The molecule has 7 heteroatoms. The van der Waals surface area contributed by atoms with Crippen LogP contribution in [0.4, 0.5) is 4.79 Å². The molecule has 0 saturated carbocycles. The fraction of sp³-hybridized carbons (Fsp3) is 0.389. The second kappa shape index (κ2) is 5.61. The van der Waals surface area contributed by atoms with Gasteiger partial charge in [0.2, 0.25) is 5.91 Å². The summed E-state index contributed by atoms with van der Waals surface area (Å²) in [5, 5.41) is 6.12. The van der Waals surface area contributed by atoms with Crippen LogP contribution < -0.4 is 10.6 Å². The third kappa shape index (κ3) is 2.56. The lowest BCUT2D eigenvalue weighted by molar-refractivity contribution is -0.136. The van der Waals surface area contributed by atoms with E-state index < -0.39 is 11.6 Å². The molecular weight excluding hydrogens is 320 g/mol. The molecule has 2 aliphatic heterocycles. The van der Waals surface area contributed by atoms with E-state index in [0.717, 1.165) is 16.6 Å². The van der Waals surface area contributed by atoms with E-state index in [4.69, 9.17) is 0 Å². The summed E-state index contributed by atoms with van der Waals surface area (Å²) in [4.78, 5) is 37.9. The highest BCUT2D eigenvalue weighted by atomic mass is 16.2. The van der Waals surface area contributed by atoms with Crippen molar-refractivity contribution in [2.75, 3.05) is 13.1 Å². The third-order valence-electron chi connectivity index (χ3n) is 5.30. The van der Waals surface area contributed by atoms with E-state index in [1.54, 1.807) is 4.90 Å². The van der Waals surface area contributed by atoms with E-state index in [2.05, 4.69) is 16.7 Å². The van der Waals surface area contributed by atoms with E-state index >= 15 is 0 Å². The highest BCUT2D eigenvalue weighted by Crippen LogP contribution is 2.26. The molecule has 0 atom stereocenters. The molecule has 2 aliphatic rings. The molecule has 3 heterocycles. The van der Waals surface area contributed by atoms with Gasteiger partial charge in [0.25, 0.3) is 5.91 Å². The number of nitrogens with zero attached hydrogens (tertiary/aromatic N) is 2. The second-order valence-corrected chi connectivity index (χ2v) is 6.80. The number of imide groups is 1. The Labute approximate surface area is 145 Å². The smallest absolute Gasteiger partial charge is 0.322 e. The SMILES string of the molecule is Cc1cc2ccccc2n1CC(=O)N1CCC2(CC1)NC(=O)NC2=O. The van der Waals surface area contributed by atoms with Crippen LogP contribution in [0.5, 0.6) is 0 Å². The summed E-state index contributed by atoms with van der Waals surface area (Å²) in [7, 11) is 0. The lowest BCUT2D eigenvalue weighted by atomic mass is 9.87. The van der Waals surface area contributed by atoms with Crippen molar-refractivity contribution in [2.24, 2.45) is 0 Å². The number of likely N-dealkylation sites (tertiary alicyclic amines) is 1. The molecule has 0 unspecified atom stereocenters. The number of piperidine rings is 1. The van der Waals surface area contributed by atoms with Crippen LogP contribution in [0.3, 0.4) is 0 Å². The zero-order valence-electron chi connectivity index (χ0n) is 14.0. The normalized spacial score (nSPS) is 19.3. The predicted molar refractivity (Wildman–Crippen MR) is 91.9 cm³/mol. The minimum atomic E-state index is -0.843. The van der Waals surface area contributed by atoms with Crippen molar-refractivity contribution in [3.8, 4) is 0 Å². The van der Waals surface area contributed by atoms with Crippen molar-refractivity contribution in [3.05, 3.63) is 36.0 Å². The molecule has 1 aromatic carbocycles. The number of para-hydroxylation sites is 1. The number of hydrogen-bond acceptors (Lipinski definition) is 3. The zero-order chi connectivity index (χ0) is 17.6. The van der Waals surface area contributed by atoms with E-state index in [9.17, 15) is 14.4 Å². The summed E-state index contributed by atoms with van der Waals surface area (Å²) in [5.74, 6) is -0.249. The van der Waals surface area contributed by atoms with Gasteiger partial charge >= 0.3 is 6.03 Å². The topological polar surface area (TPSA) is 83.4 Å². The maximum absolute atomic E-state index is 12.7. The van der Waals surface area contributed by atoms with Crippen LogP contribution in [-0.4, -0.2) is 45.9 Å². The van der Waals surface area contributed by atoms with Crippen LogP contribution in [0.1, 0.15) is 18.5 Å². The van der Waals surface area contributed by atoms with Crippen LogP contribution in [0.15, 0.2) is 30.3 Å². The molecule has 7 nitrogen and oxygen atoms in total. The van der Waals surface area contributed by atoms with Crippen LogP contribution >= 0.6 is 0 Å². The van der Waals surface area contributed by atoms with Crippen molar-refractivity contribution in [3.63, 3.8) is 0 Å². The largest absolute Gasteiger partial charge is 0.341 e. The van der Waals surface area contributed by atoms with Gasteiger partial charge in [-0.15, -0.1) is 0 Å². The van der Waals surface area contributed by atoms with Gasteiger partial charge in [-0.25, -0.2) is 4.79 Å². The maximum Gasteiger partial charge on any atom is 0.322 e. The van der Waals surface area contributed by atoms with E-state index in [-0.39, 0.29) is 18.4 Å². The Hall–Kier alpha value is -2.83. The van der Waals surface area contributed by atoms with Crippen LogP contribution in [0, 0.1) is 6.92 Å². The molecule has 2 N–H and O–H groups in total. The Morgan fingerprint density at radius 2 is 1.92 bits per heavy atom. The molecule has 2 saturated heterocycles. The average molecular weight is 340 g/mol. The molecule has 1 spiro atoms. The molecule has 0 bridgehead atoms. The number of rotatable bonds is 2. The lowest BCUT2D eigenvalue weighted by Crippen LogP contribution is -2.56. The standard InChI is InChI=1S/C18H20N4O3/c1-12-10-13-4-2-3-5-14(13)22(12)11-15(23)21-8-6-18(7-9-21)16(24)19-17(25)20-18/h2-5,10H,6-9,11H2,1H3,(H2,19,20,24,25). The van der Waals surface area contributed by atoms with Gasteiger partial charge in [-0.05, 0) is 37.3 Å². The molecule has 130 valence electrons. The van der Waals surface area contributed by atoms with Gasteiger partial charge in [-0.3, -0.25) is 14.9 Å². The first kappa shape index (κ1) is 15.7. The Bertz CT molecular complexity index is 878. The van der Waals surface area contributed by atoms with Crippen molar-refractivity contribution >= 4 is 28.7 Å². The Kier molecular flexibility index (Phi) is 3.52. The summed E-state index contributed by atoms with van der Waals surface area (Å²) in [6, 6.07) is 9.63. The number of nitrogens with one attached hydrogen (secondary N) is 2. The number of fused-ring (bicyclic) bond motifs is 1. The van der Waals surface area contributed by atoms with Crippen molar-refractivity contribution in [1.29, 1.82) is 0 Å². The summed E-state index contributed by atoms with van der Waals surface area (Å²) in [5.41, 5.74) is 1.25. The Balaban J connectivity index is 1.47. The number of hydrogen-bond donors (Lipinski definition) is 2. The lowest BCUT2D eigenvalue weighted by Gasteiger charge is -2.37. The third-order valence-corrected chi connectivity index (χ3v) is 5.30. The average Bonchev–Trinajstić information content (AvgIpc) is 3.05. The van der Waals surface area contributed by atoms with Gasteiger partial charge in [0.05, 0.1) is 0 Å². The molecule has 4 amide bonds. The molecule has 4 rings (SSSR count). The number of aryl methyl sites for hydroxylation is 1. The molecule has 2 aromatic rings. The second-order valence-electron chi connectivity index (χ2n) is 6.80. The van der Waals surface area contributed by atoms with Crippen molar-refractivity contribution in [2.45, 2.75) is 31.8 Å². The van der Waals surface area contributed by atoms with Gasteiger partial charge in [0, 0.05) is 24.3 Å². The quantitative estimate of drug-likeness (QED) is 0.805. The summed E-state index contributed by atoms with van der Waals surface area (Å²) < 4.78 is 2.02. The molecule has 0 radical (unpaired) electrons. The van der Waals surface area contributed by atoms with Crippen molar-refractivity contribution < 1.29 is 14.4 Å². The Morgan fingerprint density at radius 1 is 1.20 bits per heavy atom. The van der Waals surface area contributed by atoms with Gasteiger partial charge in [-0.2, -0.15) is 0 Å². The molecule has 25 heavy (non-hydrogen) atoms. The summed E-state index contributed by atoms with van der Waals surface area (Å²) in [6.45, 7) is 3.21. The first-order valence-electron chi connectivity index (χ1n) is 8.45. The number of carbonyl (C=O) groups is 3. The number of benzene rings is 1. The van der Waals surface area contributed by atoms with Crippen LogP contribution in [-0.2, 0) is 16.1 Å². The van der Waals surface area contributed by atoms with E-state index in [0.29, 0.717) is 25.9 Å². The minimum Gasteiger partial charge on any atom is -0.341 e. The number of aromatic nitrogens is 1.